The van der Waals surface area contributed by atoms with Gasteiger partial charge in [-0.05, 0) is 52.8 Å². The van der Waals surface area contributed by atoms with E-state index in [1.54, 1.807) is 6.08 Å². The minimum absolute atomic E-state index is 0.00351. The molecule has 5 aliphatic rings. The summed E-state index contributed by atoms with van der Waals surface area (Å²) in [6, 6.07) is -3.23. The SMILES string of the molecule is C=CC1CC1(NC(=O)[C@@H]1[C@@H]2[C@H](CN1C(=O)[C@@H](NC(=O)N[C@H](CN1C(=O)CC(C)(C)CC1=O)C(C)(C)C)C(C)(C)C)C2(C)C)C(=O)C(=O)NC1CC1. The summed E-state index contributed by atoms with van der Waals surface area (Å²) in [6.45, 7) is 23.1. The molecule has 0 radical (unpaired) electrons. The number of ketones is 1. The number of rotatable bonds is 11. The number of nitrogens with one attached hydrogen (secondary N) is 4. The van der Waals surface area contributed by atoms with Gasteiger partial charge in [-0.25, -0.2) is 4.79 Å². The number of amides is 7. The van der Waals surface area contributed by atoms with Gasteiger partial charge in [-0.3, -0.25) is 33.7 Å². The van der Waals surface area contributed by atoms with Crippen LogP contribution in [0.3, 0.4) is 0 Å². The maximum Gasteiger partial charge on any atom is 0.315 e. The van der Waals surface area contributed by atoms with Gasteiger partial charge in [0.15, 0.2) is 0 Å². The van der Waals surface area contributed by atoms with Crippen LogP contribution in [0, 0.1) is 39.4 Å². The van der Waals surface area contributed by atoms with E-state index in [-0.39, 0.29) is 60.9 Å². The van der Waals surface area contributed by atoms with E-state index in [1.807, 2.05) is 55.4 Å². The van der Waals surface area contributed by atoms with Crippen LogP contribution in [0.4, 0.5) is 4.79 Å². The van der Waals surface area contributed by atoms with Crippen LogP contribution >= 0.6 is 0 Å². The maximum absolute atomic E-state index is 14.5. The number of hydrogen-bond acceptors (Lipinski definition) is 7. The summed E-state index contributed by atoms with van der Waals surface area (Å²) in [7, 11) is 0. The summed E-state index contributed by atoms with van der Waals surface area (Å²) in [6.07, 6.45) is 3.91. The quantitative estimate of drug-likeness (QED) is 0.145. The molecule has 7 atom stereocenters. The van der Waals surface area contributed by atoms with E-state index >= 15 is 0 Å². The van der Waals surface area contributed by atoms with E-state index < -0.39 is 75.4 Å². The van der Waals surface area contributed by atoms with Crippen LogP contribution in [0.15, 0.2) is 12.7 Å². The molecule has 3 aliphatic carbocycles. The number of imide groups is 1. The third kappa shape index (κ3) is 7.58. The second-order valence-electron chi connectivity index (χ2n) is 19.2. The summed E-state index contributed by atoms with van der Waals surface area (Å²) in [5, 5.41) is 11.4. The number of hydrogen-bond donors (Lipinski definition) is 4. The molecule has 282 valence electrons. The zero-order chi connectivity index (χ0) is 38.2. The molecule has 4 N–H and O–H groups in total. The van der Waals surface area contributed by atoms with Gasteiger partial charge in [0, 0.05) is 37.9 Å². The first-order valence-electron chi connectivity index (χ1n) is 18.3. The fourth-order valence-corrected chi connectivity index (χ4v) is 8.10. The normalized spacial score (nSPS) is 30.4. The molecule has 2 aliphatic heterocycles. The molecule has 2 saturated heterocycles. The molecule has 5 rings (SSSR count). The lowest BCUT2D eigenvalue weighted by molar-refractivity contribution is -0.153. The predicted octanol–water partition coefficient (Wildman–Crippen LogP) is 2.68. The summed E-state index contributed by atoms with van der Waals surface area (Å²) >= 11 is 0. The average molecular weight is 711 g/mol. The van der Waals surface area contributed by atoms with Crippen molar-refractivity contribution in [1.29, 1.82) is 0 Å². The molecule has 0 aromatic heterocycles. The van der Waals surface area contributed by atoms with Gasteiger partial charge in [0.2, 0.25) is 29.4 Å². The highest BCUT2D eigenvalue weighted by Crippen LogP contribution is 2.65. The van der Waals surface area contributed by atoms with E-state index in [0.29, 0.717) is 6.54 Å². The third-order valence-corrected chi connectivity index (χ3v) is 11.9. The highest BCUT2D eigenvalue weighted by Gasteiger charge is 2.71. The smallest absolute Gasteiger partial charge is 0.315 e. The number of likely N-dealkylation sites (tertiary alicyclic amines) is 2. The van der Waals surface area contributed by atoms with Crippen LogP contribution in [0.1, 0.15) is 101 Å². The van der Waals surface area contributed by atoms with Gasteiger partial charge in [-0.1, -0.05) is 75.3 Å². The van der Waals surface area contributed by atoms with Gasteiger partial charge in [0.05, 0.1) is 6.04 Å². The highest BCUT2D eigenvalue weighted by atomic mass is 16.2. The van der Waals surface area contributed by atoms with Crippen LogP contribution in [0.2, 0.25) is 0 Å². The first kappa shape index (κ1) is 38.5. The predicted molar refractivity (Wildman–Crippen MR) is 189 cm³/mol. The summed E-state index contributed by atoms with van der Waals surface area (Å²) in [5.41, 5.74) is -3.38. The van der Waals surface area contributed by atoms with Gasteiger partial charge in [0.1, 0.15) is 17.6 Å². The molecule has 2 heterocycles. The van der Waals surface area contributed by atoms with Crippen LogP contribution in [0.25, 0.3) is 0 Å². The zero-order valence-corrected chi connectivity index (χ0v) is 32.0. The Labute approximate surface area is 301 Å². The Morgan fingerprint density at radius 1 is 0.922 bits per heavy atom. The average Bonchev–Trinajstić information content (AvgIpc) is 3.94. The molecule has 0 bridgehead atoms. The molecular formula is C38H58N6O7. The first-order valence-corrected chi connectivity index (χ1v) is 18.3. The van der Waals surface area contributed by atoms with E-state index in [1.165, 1.54) is 9.80 Å². The number of Topliss-reactive ketones (excluding diaryl/α,β-unsaturated/α-hetero) is 1. The molecule has 0 aromatic carbocycles. The molecule has 3 saturated carbocycles. The van der Waals surface area contributed by atoms with Crippen molar-refractivity contribution in [2.75, 3.05) is 13.1 Å². The number of carbonyl (C=O) groups excluding carboxylic acids is 7. The Bertz CT molecular complexity index is 1520. The molecule has 7 amide bonds. The van der Waals surface area contributed by atoms with E-state index in [2.05, 4.69) is 41.7 Å². The van der Waals surface area contributed by atoms with Crippen molar-refractivity contribution in [3.8, 4) is 0 Å². The largest absolute Gasteiger partial charge is 0.347 e. The van der Waals surface area contributed by atoms with Crippen molar-refractivity contribution in [2.24, 2.45) is 39.4 Å². The van der Waals surface area contributed by atoms with Crippen molar-refractivity contribution in [1.82, 2.24) is 31.1 Å². The summed E-state index contributed by atoms with van der Waals surface area (Å²) < 4.78 is 0. The van der Waals surface area contributed by atoms with Gasteiger partial charge in [-0.15, -0.1) is 6.58 Å². The number of nitrogens with zero attached hydrogens (tertiary/aromatic N) is 2. The topological polar surface area (TPSA) is 174 Å². The molecule has 13 nitrogen and oxygen atoms in total. The van der Waals surface area contributed by atoms with Crippen LogP contribution in [0.5, 0.6) is 0 Å². The molecular weight excluding hydrogens is 652 g/mol. The summed E-state index contributed by atoms with van der Waals surface area (Å²) in [5.74, 6) is -3.45. The molecule has 13 heteroatoms. The lowest BCUT2D eigenvalue weighted by atomic mass is 9.80. The van der Waals surface area contributed by atoms with Gasteiger partial charge >= 0.3 is 6.03 Å². The van der Waals surface area contributed by atoms with Crippen LogP contribution in [-0.4, -0.2) is 93.9 Å². The molecule has 51 heavy (non-hydrogen) atoms. The standard InChI is InChI=1S/C38H58N6O7/c1-12-20-15-38(20,29(47)31(49)39-21-13-14-21)42-30(48)27-26-22(37(26,10)11)18-44(27)32(50)28(35(5,6)7)41-33(51)40-23(34(2,3)4)19-43-24(45)16-36(8,9)17-25(43)46/h12,20-23,26-28H,1,13-19H2,2-11H3,(H,39,49)(H,42,48)(H2,40,41,51)/t20?,22-,23+,26-,27-,28+,38?/m0/s1. The van der Waals surface area contributed by atoms with Crippen molar-refractivity contribution in [3.05, 3.63) is 12.7 Å². The van der Waals surface area contributed by atoms with Crippen LogP contribution < -0.4 is 21.3 Å². The fraction of sp³-hybridized carbons (Fsp3) is 0.763. The monoisotopic (exact) mass is 710 g/mol. The molecule has 5 fully saturated rings. The van der Waals surface area contributed by atoms with E-state index in [0.717, 1.165) is 12.8 Å². The lowest BCUT2D eigenvalue weighted by Crippen LogP contribution is -2.63. The van der Waals surface area contributed by atoms with Crippen LogP contribution in [-0.2, 0) is 28.8 Å². The number of fused-ring (bicyclic) bond motifs is 1. The van der Waals surface area contributed by atoms with Crippen molar-refractivity contribution >= 4 is 41.4 Å². The Kier molecular flexibility index (Phi) is 9.59. The van der Waals surface area contributed by atoms with Crippen molar-refractivity contribution in [2.45, 2.75) is 131 Å². The lowest BCUT2D eigenvalue weighted by Gasteiger charge is -2.41. The van der Waals surface area contributed by atoms with Gasteiger partial charge in [0.25, 0.3) is 5.91 Å². The zero-order valence-electron chi connectivity index (χ0n) is 32.0. The van der Waals surface area contributed by atoms with Crippen molar-refractivity contribution < 1.29 is 33.6 Å². The minimum Gasteiger partial charge on any atom is -0.347 e. The Morgan fingerprint density at radius 3 is 2.00 bits per heavy atom. The fourth-order valence-electron chi connectivity index (χ4n) is 8.10. The molecule has 0 spiro atoms. The molecule has 2 unspecified atom stereocenters. The Morgan fingerprint density at radius 2 is 1.51 bits per heavy atom. The second kappa shape index (κ2) is 12.7. The third-order valence-electron chi connectivity index (χ3n) is 11.9. The Hall–Kier alpha value is -3.77. The minimum atomic E-state index is -1.40. The number of carbonyl (C=O) groups is 7. The first-order chi connectivity index (χ1) is 23.3. The maximum atomic E-state index is 14.5. The van der Waals surface area contributed by atoms with Crippen molar-refractivity contribution in [3.63, 3.8) is 0 Å². The van der Waals surface area contributed by atoms with E-state index in [9.17, 15) is 33.6 Å². The second-order valence-corrected chi connectivity index (χ2v) is 19.2. The number of urea groups is 1. The number of piperidine rings is 2. The highest BCUT2D eigenvalue weighted by molar-refractivity contribution is 6.41. The van der Waals surface area contributed by atoms with Gasteiger partial charge in [-0.2, -0.15) is 0 Å². The molecule has 0 aromatic rings. The van der Waals surface area contributed by atoms with E-state index in [4.69, 9.17) is 0 Å². The summed E-state index contributed by atoms with van der Waals surface area (Å²) in [4.78, 5) is 97.3. The Balaban J connectivity index is 1.33. The van der Waals surface area contributed by atoms with Gasteiger partial charge < -0.3 is 26.2 Å².